The molecule has 22 heteroatoms. The standard InChI is InChI=1S/2C9H10N2.6C8H9N3/c1-7(2)9-4-3-8(5-10)6-11-9;1-7(2)9-8(6-10)4-3-5-11-9;1-6(2)7-4-10-5-8(9-3)11-7;1-6(2)8-5-10-7(3-9)4-11-8;1-6(2)8-10-4-7(3-9)5-11-8;1-6(2)8-7(9-3)4-5-10-11-8;1-6(2)8-7(5-9)10-3-4-11-8;1-6(2)8-4-3-7(5-9)10-11-8/h3-4,6-7H,1-2H3;3-5,7H,1-2H3;4*4-6H,1-2H3;2*3-4,6H,1-2H3. The van der Waals surface area contributed by atoms with Crippen molar-refractivity contribution in [1.29, 1.82) is 31.6 Å². The minimum atomic E-state index is 0.262. The smallest absolute Gasteiger partial charge is 0.288 e. The van der Waals surface area contributed by atoms with Gasteiger partial charge in [-0.25, -0.2) is 24.8 Å². The van der Waals surface area contributed by atoms with Gasteiger partial charge >= 0.3 is 0 Å². The largest absolute Gasteiger partial charge is 0.359 e. The zero-order chi connectivity index (χ0) is 66.1. The molecule has 0 amide bonds. The minimum Gasteiger partial charge on any atom is -0.359 e. The number of rotatable bonds is 8. The van der Waals surface area contributed by atoms with Gasteiger partial charge in [-0.2, -0.15) is 46.9 Å². The van der Waals surface area contributed by atoms with Crippen LogP contribution in [0.2, 0.25) is 0 Å². The molecular formula is C66H74N22. The highest BCUT2D eigenvalue weighted by Crippen LogP contribution is 2.23. The van der Waals surface area contributed by atoms with E-state index in [9.17, 15) is 0 Å². The van der Waals surface area contributed by atoms with Crippen LogP contribution in [0.25, 0.3) is 9.69 Å². The lowest BCUT2D eigenvalue weighted by molar-refractivity contribution is 0.772. The number of hydrogen-bond acceptors (Lipinski definition) is 20. The molecule has 0 atom stereocenters. The molecule has 0 N–H and O–H groups in total. The maximum absolute atomic E-state index is 8.68. The van der Waals surface area contributed by atoms with Gasteiger partial charge in [0.25, 0.3) is 5.82 Å². The molecule has 88 heavy (non-hydrogen) atoms. The SMILES string of the molecule is CC(C)c1ccc(C#N)cn1.CC(C)c1ccc(C#N)nn1.CC(C)c1cnc(C#N)cn1.CC(C)c1ncc(C#N)cn1.CC(C)c1ncccc1C#N.CC(C)c1nccnc1C#N.[C-]#[N+]c1ccnnc1C(C)C.[C-]#[N+]c1cncc(C(C)C)n1. The van der Waals surface area contributed by atoms with Gasteiger partial charge in [0.1, 0.15) is 42.2 Å². The van der Waals surface area contributed by atoms with E-state index in [1.807, 2.05) is 139 Å². The Morgan fingerprint density at radius 3 is 1.36 bits per heavy atom. The van der Waals surface area contributed by atoms with E-state index < -0.39 is 0 Å². The second-order valence-corrected chi connectivity index (χ2v) is 20.9. The van der Waals surface area contributed by atoms with Gasteiger partial charge in [-0.3, -0.25) is 24.9 Å². The van der Waals surface area contributed by atoms with Crippen LogP contribution in [0.5, 0.6) is 0 Å². The highest BCUT2D eigenvalue weighted by atomic mass is 15.1. The molecular weight excluding hydrogens is 1100 g/mol. The quantitative estimate of drug-likeness (QED) is 0.128. The lowest BCUT2D eigenvalue weighted by Gasteiger charge is -2.04. The molecule has 0 saturated carbocycles. The van der Waals surface area contributed by atoms with E-state index >= 15 is 0 Å². The summed E-state index contributed by atoms with van der Waals surface area (Å²) in [7, 11) is 0. The van der Waals surface area contributed by atoms with Crippen molar-refractivity contribution in [2.75, 3.05) is 0 Å². The third-order valence-electron chi connectivity index (χ3n) is 11.2. The van der Waals surface area contributed by atoms with Crippen molar-refractivity contribution in [3.8, 4) is 36.4 Å². The normalized spacial score (nSPS) is 9.64. The molecule has 0 aliphatic heterocycles. The van der Waals surface area contributed by atoms with Crippen LogP contribution in [-0.4, -0.2) is 70.2 Å². The maximum atomic E-state index is 8.68. The third-order valence-corrected chi connectivity index (χ3v) is 11.2. The predicted octanol–water partition coefficient (Wildman–Crippen LogP) is 14.3. The van der Waals surface area contributed by atoms with E-state index in [2.05, 4.69) is 99.8 Å². The summed E-state index contributed by atoms with van der Waals surface area (Å²) in [6.07, 6.45) is 17.4. The number of aromatic nitrogens is 14. The minimum absolute atomic E-state index is 0.262. The Labute approximate surface area is 518 Å². The molecule has 0 radical (unpaired) electrons. The molecule has 0 unspecified atom stereocenters. The van der Waals surface area contributed by atoms with E-state index in [1.165, 1.54) is 18.6 Å². The maximum Gasteiger partial charge on any atom is 0.288 e. The average molecular weight is 1180 g/mol. The molecule has 0 aliphatic carbocycles. The van der Waals surface area contributed by atoms with Crippen LogP contribution in [0.1, 0.15) is 238 Å². The first-order valence-corrected chi connectivity index (χ1v) is 27.9. The van der Waals surface area contributed by atoms with Gasteiger partial charge in [0.15, 0.2) is 22.8 Å². The molecule has 0 spiro atoms. The molecule has 8 aromatic heterocycles. The Kier molecular flexibility index (Phi) is 35.4. The lowest BCUT2D eigenvalue weighted by atomic mass is 10.1. The van der Waals surface area contributed by atoms with Crippen molar-refractivity contribution in [3.05, 3.63) is 213 Å². The molecule has 8 heterocycles. The summed E-state index contributed by atoms with van der Waals surface area (Å²) in [6, 6.07) is 24.4. The zero-order valence-electron chi connectivity index (χ0n) is 52.8. The fourth-order valence-electron chi connectivity index (χ4n) is 6.28. The van der Waals surface area contributed by atoms with Crippen LogP contribution in [-0.2, 0) is 0 Å². The Balaban J connectivity index is 0.000000503. The van der Waals surface area contributed by atoms with E-state index in [0.717, 1.165) is 45.7 Å². The average Bonchev–Trinajstić information content (AvgIpc) is 3.68. The number of nitrogens with zero attached hydrogens (tertiary/aromatic N) is 22. The Hall–Kier alpha value is -11.3. The highest BCUT2D eigenvalue weighted by molar-refractivity contribution is 5.48. The van der Waals surface area contributed by atoms with Crippen LogP contribution in [0, 0.1) is 81.1 Å². The van der Waals surface area contributed by atoms with Crippen molar-refractivity contribution in [3.63, 3.8) is 0 Å². The Bertz CT molecular complexity index is 3300. The number of hydrogen-bond donors (Lipinski definition) is 0. The van der Waals surface area contributed by atoms with Crippen molar-refractivity contribution in [2.45, 2.75) is 158 Å². The first-order valence-electron chi connectivity index (χ1n) is 27.9. The second kappa shape index (κ2) is 41.7. The molecule has 0 aromatic carbocycles. The predicted molar refractivity (Wildman–Crippen MR) is 334 cm³/mol. The van der Waals surface area contributed by atoms with Crippen molar-refractivity contribution < 1.29 is 0 Å². The topological polar surface area (TPSA) is 332 Å². The Morgan fingerprint density at radius 2 is 0.943 bits per heavy atom. The lowest BCUT2D eigenvalue weighted by Crippen LogP contribution is -1.98. The van der Waals surface area contributed by atoms with Gasteiger partial charge < -0.3 is 4.85 Å². The number of pyridine rings is 2. The van der Waals surface area contributed by atoms with Gasteiger partial charge in [-0.15, -0.1) is 10.1 Å². The summed E-state index contributed by atoms with van der Waals surface area (Å²) in [5, 5.41) is 66.2. The molecule has 0 saturated heterocycles. The fraction of sp³-hybridized carbons (Fsp3) is 0.364. The molecule has 8 aromatic rings. The van der Waals surface area contributed by atoms with Crippen LogP contribution < -0.4 is 0 Å². The second-order valence-electron chi connectivity index (χ2n) is 20.9. The first kappa shape index (κ1) is 74.7. The van der Waals surface area contributed by atoms with E-state index in [4.69, 9.17) is 44.7 Å². The highest BCUT2D eigenvalue weighted by Gasteiger charge is 2.10. The van der Waals surface area contributed by atoms with Crippen molar-refractivity contribution >= 4 is 11.5 Å². The summed E-state index contributed by atoms with van der Waals surface area (Å²) >= 11 is 0. The summed E-state index contributed by atoms with van der Waals surface area (Å²) in [6.45, 7) is 46.0. The molecule has 0 fully saturated rings. The molecule has 448 valence electrons. The van der Waals surface area contributed by atoms with Crippen LogP contribution >= 0.6 is 0 Å². The summed E-state index contributed by atoms with van der Waals surface area (Å²) in [5.74, 6) is 3.84. The van der Waals surface area contributed by atoms with Gasteiger partial charge in [0.2, 0.25) is 5.69 Å². The van der Waals surface area contributed by atoms with Gasteiger partial charge in [0, 0.05) is 60.9 Å². The van der Waals surface area contributed by atoms with Crippen molar-refractivity contribution in [1.82, 2.24) is 70.2 Å². The Morgan fingerprint density at radius 1 is 0.375 bits per heavy atom. The summed E-state index contributed by atoms with van der Waals surface area (Å²) in [5.41, 5.74) is 9.77. The van der Waals surface area contributed by atoms with E-state index in [1.54, 1.807) is 79.9 Å². The van der Waals surface area contributed by atoms with E-state index in [0.29, 0.717) is 80.8 Å². The van der Waals surface area contributed by atoms with Crippen LogP contribution in [0.4, 0.5) is 11.5 Å². The molecule has 8 rings (SSSR count). The summed E-state index contributed by atoms with van der Waals surface area (Å²) in [4.78, 5) is 46.7. The van der Waals surface area contributed by atoms with Gasteiger partial charge in [0.05, 0.1) is 76.5 Å². The molecule has 0 bridgehead atoms. The van der Waals surface area contributed by atoms with Crippen LogP contribution in [0.3, 0.4) is 0 Å². The fourth-order valence-corrected chi connectivity index (χ4v) is 6.28. The third kappa shape index (κ3) is 28.3. The summed E-state index contributed by atoms with van der Waals surface area (Å²) < 4.78 is 0. The zero-order valence-corrected chi connectivity index (χ0v) is 52.8. The molecule has 22 nitrogen and oxygen atoms in total. The number of nitriles is 6. The molecule has 0 aliphatic rings. The van der Waals surface area contributed by atoms with E-state index in [-0.39, 0.29) is 11.8 Å². The first-order chi connectivity index (χ1) is 41.9. The van der Waals surface area contributed by atoms with Crippen molar-refractivity contribution in [2.24, 2.45) is 0 Å². The van der Waals surface area contributed by atoms with Gasteiger partial charge in [-0.05, 0) is 78.0 Å². The van der Waals surface area contributed by atoms with Crippen LogP contribution in [0.15, 0.2) is 111 Å². The van der Waals surface area contributed by atoms with Gasteiger partial charge in [-0.1, -0.05) is 117 Å². The monoisotopic (exact) mass is 1170 g/mol.